The molecule has 0 spiro atoms. The molecule has 0 saturated heterocycles. The van der Waals surface area contributed by atoms with Gasteiger partial charge in [-0.1, -0.05) is 17.7 Å². The van der Waals surface area contributed by atoms with Crippen molar-refractivity contribution in [3.8, 4) is 0 Å². The molecule has 0 saturated carbocycles. The highest BCUT2D eigenvalue weighted by Crippen LogP contribution is 2.04. The average molecular weight is 202 g/mol. The first-order valence-electron chi connectivity index (χ1n) is 4.53. The molecule has 0 aliphatic carbocycles. The minimum Gasteiger partial charge on any atom is -0.330 e. The lowest BCUT2D eigenvalue weighted by Crippen LogP contribution is -2.18. The zero-order valence-corrected chi connectivity index (χ0v) is 8.25. The van der Waals surface area contributed by atoms with E-state index in [2.05, 4.69) is 4.98 Å². The Morgan fingerprint density at radius 1 is 1.47 bits per heavy atom. The van der Waals surface area contributed by atoms with Gasteiger partial charge in [0.15, 0.2) is 0 Å². The van der Waals surface area contributed by atoms with E-state index in [1.807, 2.05) is 19.1 Å². The van der Waals surface area contributed by atoms with Crippen LogP contribution in [0, 0.1) is 6.92 Å². The second-order valence-electron chi connectivity index (χ2n) is 3.17. The highest BCUT2D eigenvalue weighted by Gasteiger charge is 2.07. The summed E-state index contributed by atoms with van der Waals surface area (Å²) >= 11 is 0. The SMILES string of the molecule is Cc1cccc(C(=O)On2ccnc2)c1. The Morgan fingerprint density at radius 2 is 2.33 bits per heavy atom. The van der Waals surface area contributed by atoms with Gasteiger partial charge in [0.1, 0.15) is 6.33 Å². The lowest BCUT2D eigenvalue weighted by molar-refractivity contribution is 0.0460. The smallest absolute Gasteiger partial charge is 0.330 e. The van der Waals surface area contributed by atoms with Crippen LogP contribution in [-0.4, -0.2) is 15.7 Å². The first-order chi connectivity index (χ1) is 7.25. The van der Waals surface area contributed by atoms with Crippen molar-refractivity contribution in [1.82, 2.24) is 9.71 Å². The predicted octanol–water partition coefficient (Wildman–Crippen LogP) is 1.46. The van der Waals surface area contributed by atoms with Crippen molar-refractivity contribution in [2.24, 2.45) is 0 Å². The molecule has 0 N–H and O–H groups in total. The van der Waals surface area contributed by atoms with Crippen LogP contribution in [0.5, 0.6) is 0 Å². The Hall–Kier alpha value is -2.10. The minimum atomic E-state index is -0.392. The van der Waals surface area contributed by atoms with E-state index in [-0.39, 0.29) is 0 Å². The molecule has 0 unspecified atom stereocenters. The van der Waals surface area contributed by atoms with Crippen LogP contribution in [0.15, 0.2) is 43.0 Å². The summed E-state index contributed by atoms with van der Waals surface area (Å²) in [5.41, 5.74) is 1.55. The summed E-state index contributed by atoms with van der Waals surface area (Å²) in [5.74, 6) is -0.392. The monoisotopic (exact) mass is 202 g/mol. The van der Waals surface area contributed by atoms with Crippen molar-refractivity contribution >= 4 is 5.97 Å². The van der Waals surface area contributed by atoms with Gasteiger partial charge < -0.3 is 4.84 Å². The van der Waals surface area contributed by atoms with Gasteiger partial charge in [-0.05, 0) is 19.1 Å². The summed E-state index contributed by atoms with van der Waals surface area (Å²) in [6.07, 6.45) is 4.53. The molecule has 0 atom stereocenters. The molecular formula is C11H10N2O2. The average Bonchev–Trinajstić information content (AvgIpc) is 2.70. The zero-order chi connectivity index (χ0) is 10.7. The standard InChI is InChI=1S/C11H10N2O2/c1-9-3-2-4-10(7-9)11(14)15-13-6-5-12-8-13/h2-8H,1H3. The molecule has 0 aliphatic heterocycles. The number of imidazole rings is 1. The lowest BCUT2D eigenvalue weighted by Gasteiger charge is -2.03. The van der Waals surface area contributed by atoms with Gasteiger partial charge in [-0.15, -0.1) is 0 Å². The maximum Gasteiger partial charge on any atom is 0.363 e. The second kappa shape index (κ2) is 3.96. The van der Waals surface area contributed by atoms with Gasteiger partial charge in [-0.3, -0.25) is 0 Å². The predicted molar refractivity (Wildman–Crippen MR) is 54.3 cm³/mol. The molecule has 2 aromatic rings. The third-order valence-electron chi connectivity index (χ3n) is 1.92. The van der Waals surface area contributed by atoms with Gasteiger partial charge in [0.2, 0.25) is 0 Å². The van der Waals surface area contributed by atoms with Crippen LogP contribution in [0.1, 0.15) is 15.9 Å². The molecule has 4 heteroatoms. The molecule has 15 heavy (non-hydrogen) atoms. The molecular weight excluding hydrogens is 192 g/mol. The number of benzene rings is 1. The fourth-order valence-corrected chi connectivity index (χ4v) is 1.22. The van der Waals surface area contributed by atoms with E-state index in [1.165, 1.54) is 11.1 Å². The van der Waals surface area contributed by atoms with E-state index < -0.39 is 5.97 Å². The molecule has 2 rings (SSSR count). The first-order valence-corrected chi connectivity index (χ1v) is 4.53. The van der Waals surface area contributed by atoms with Crippen LogP contribution >= 0.6 is 0 Å². The summed E-state index contributed by atoms with van der Waals surface area (Å²) in [4.78, 5) is 20.4. The molecule has 76 valence electrons. The maximum atomic E-state index is 11.6. The number of nitrogens with zero attached hydrogens (tertiary/aromatic N) is 2. The minimum absolute atomic E-state index is 0.392. The molecule has 0 radical (unpaired) electrons. The van der Waals surface area contributed by atoms with Gasteiger partial charge in [-0.2, -0.15) is 4.73 Å². The van der Waals surface area contributed by atoms with Crippen molar-refractivity contribution in [3.63, 3.8) is 0 Å². The van der Waals surface area contributed by atoms with Crippen molar-refractivity contribution in [2.45, 2.75) is 6.92 Å². The van der Waals surface area contributed by atoms with Crippen molar-refractivity contribution in [1.29, 1.82) is 0 Å². The van der Waals surface area contributed by atoms with Crippen LogP contribution in [0.2, 0.25) is 0 Å². The third-order valence-corrected chi connectivity index (χ3v) is 1.92. The second-order valence-corrected chi connectivity index (χ2v) is 3.17. The normalized spacial score (nSPS) is 9.93. The highest BCUT2D eigenvalue weighted by molar-refractivity contribution is 5.89. The molecule has 1 aromatic carbocycles. The van der Waals surface area contributed by atoms with E-state index in [0.717, 1.165) is 5.56 Å². The number of hydrogen-bond donors (Lipinski definition) is 0. The summed E-state index contributed by atoms with van der Waals surface area (Å²) in [5, 5.41) is 0. The number of aromatic nitrogens is 2. The van der Waals surface area contributed by atoms with Gasteiger partial charge in [-0.25, -0.2) is 9.78 Å². The van der Waals surface area contributed by atoms with E-state index >= 15 is 0 Å². The molecule has 0 fully saturated rings. The molecule has 0 aliphatic rings. The summed E-state index contributed by atoms with van der Waals surface area (Å²) in [7, 11) is 0. The molecule has 1 aromatic heterocycles. The molecule has 0 bridgehead atoms. The van der Waals surface area contributed by atoms with E-state index in [0.29, 0.717) is 5.56 Å². The third kappa shape index (κ3) is 2.22. The molecule has 0 amide bonds. The largest absolute Gasteiger partial charge is 0.363 e. The quantitative estimate of drug-likeness (QED) is 0.740. The Balaban J connectivity index is 2.15. The van der Waals surface area contributed by atoms with Gasteiger partial charge in [0, 0.05) is 6.20 Å². The topological polar surface area (TPSA) is 44.1 Å². The van der Waals surface area contributed by atoms with Crippen molar-refractivity contribution in [2.75, 3.05) is 0 Å². The Bertz CT molecular complexity index is 463. The fourth-order valence-electron chi connectivity index (χ4n) is 1.22. The number of rotatable bonds is 2. The van der Waals surface area contributed by atoms with E-state index in [4.69, 9.17) is 4.84 Å². The maximum absolute atomic E-state index is 11.6. The Morgan fingerprint density at radius 3 is 3.00 bits per heavy atom. The highest BCUT2D eigenvalue weighted by atomic mass is 16.7. The Labute approximate surface area is 87.1 Å². The Kier molecular flexibility index (Phi) is 2.49. The van der Waals surface area contributed by atoms with Gasteiger partial charge >= 0.3 is 5.97 Å². The number of hydrogen-bond acceptors (Lipinski definition) is 3. The molecule has 4 nitrogen and oxygen atoms in total. The number of carbonyl (C=O) groups excluding carboxylic acids is 1. The van der Waals surface area contributed by atoms with Crippen LogP contribution in [0.4, 0.5) is 0 Å². The summed E-state index contributed by atoms with van der Waals surface area (Å²) in [6.45, 7) is 1.92. The van der Waals surface area contributed by atoms with E-state index in [1.54, 1.807) is 24.5 Å². The zero-order valence-electron chi connectivity index (χ0n) is 8.25. The van der Waals surface area contributed by atoms with Crippen LogP contribution < -0.4 is 4.84 Å². The molecule has 1 heterocycles. The van der Waals surface area contributed by atoms with Crippen LogP contribution in [0.3, 0.4) is 0 Å². The lowest BCUT2D eigenvalue weighted by atomic mass is 10.1. The van der Waals surface area contributed by atoms with Crippen molar-refractivity contribution in [3.05, 3.63) is 54.1 Å². The van der Waals surface area contributed by atoms with Gasteiger partial charge in [0.05, 0.1) is 11.8 Å². The van der Waals surface area contributed by atoms with E-state index in [9.17, 15) is 4.79 Å². The summed E-state index contributed by atoms with van der Waals surface area (Å²) in [6, 6.07) is 7.24. The number of carbonyl (C=O) groups is 1. The van der Waals surface area contributed by atoms with Crippen LogP contribution in [0.25, 0.3) is 0 Å². The number of aryl methyl sites for hydroxylation is 1. The van der Waals surface area contributed by atoms with Crippen molar-refractivity contribution < 1.29 is 9.63 Å². The van der Waals surface area contributed by atoms with Gasteiger partial charge in [0.25, 0.3) is 0 Å². The first kappa shape index (κ1) is 9.45. The fraction of sp³-hybridized carbons (Fsp3) is 0.0909. The summed E-state index contributed by atoms with van der Waals surface area (Å²) < 4.78 is 1.27. The van der Waals surface area contributed by atoms with Crippen LogP contribution in [-0.2, 0) is 0 Å².